The summed E-state index contributed by atoms with van der Waals surface area (Å²) in [6, 6.07) is 9.52. The fraction of sp³-hybridized carbons (Fsp3) is 0.303. The number of aryl methyl sites for hydroxylation is 1. The zero-order valence-electron chi connectivity index (χ0n) is 24.6. The normalized spacial score (nSPS) is 15.4. The van der Waals surface area contributed by atoms with Gasteiger partial charge in [-0.2, -0.15) is 5.10 Å². The van der Waals surface area contributed by atoms with Crippen molar-refractivity contribution in [3.8, 4) is 23.1 Å². The zero-order chi connectivity index (χ0) is 31.1. The molecule has 1 aliphatic heterocycles. The number of nitrogens with zero attached hydrogens (tertiary/aromatic N) is 4. The molecule has 228 valence electrons. The molecule has 2 aliphatic rings. The predicted octanol–water partition coefficient (Wildman–Crippen LogP) is 7.06. The summed E-state index contributed by atoms with van der Waals surface area (Å²) < 4.78 is 42.1. The molecule has 1 aliphatic carbocycles. The number of carbonyl (C=O) groups excluding carboxylic acids is 1. The molecule has 1 saturated heterocycles. The Kier molecular flexibility index (Phi) is 8.26. The van der Waals surface area contributed by atoms with Crippen LogP contribution in [0.4, 0.5) is 14.6 Å². The number of ketones is 1. The van der Waals surface area contributed by atoms with Crippen molar-refractivity contribution in [1.29, 1.82) is 0 Å². The largest absolute Gasteiger partial charge is 0.489 e. The molecular formula is C33H32BrF2N5O3. The highest BCUT2D eigenvalue weighted by molar-refractivity contribution is 9.10. The number of nitrogens with two attached hydrogens (primary N) is 1. The fourth-order valence-electron chi connectivity index (χ4n) is 5.65. The molecule has 0 bridgehead atoms. The number of pyridine rings is 1. The van der Waals surface area contributed by atoms with E-state index in [4.69, 9.17) is 15.2 Å². The number of halogens is 3. The molecule has 0 amide bonds. The summed E-state index contributed by atoms with van der Waals surface area (Å²) in [6.07, 6.45) is 7.31. The SMILES string of the molecule is Cc1cc(Oc2c(F)cccc2F)ncc1-n1ncc(C(=O)C2=Cc3cc(OC4CCN(C(C)C)CC4)c(Br)cc3C2)c1N. The molecule has 2 aromatic heterocycles. The average molecular weight is 665 g/mol. The molecule has 8 nitrogen and oxygen atoms in total. The number of ether oxygens (including phenoxy) is 2. The highest BCUT2D eigenvalue weighted by atomic mass is 79.9. The highest BCUT2D eigenvalue weighted by Gasteiger charge is 2.27. The molecule has 0 atom stereocenters. The van der Waals surface area contributed by atoms with E-state index in [0.29, 0.717) is 29.3 Å². The number of benzene rings is 2. The molecule has 0 radical (unpaired) electrons. The van der Waals surface area contributed by atoms with Crippen LogP contribution in [-0.2, 0) is 6.42 Å². The second-order valence-electron chi connectivity index (χ2n) is 11.4. The van der Waals surface area contributed by atoms with Crippen molar-refractivity contribution in [3.05, 3.63) is 92.7 Å². The summed E-state index contributed by atoms with van der Waals surface area (Å²) in [5.74, 6) is -1.50. The van der Waals surface area contributed by atoms with Gasteiger partial charge in [0, 0.05) is 37.2 Å². The van der Waals surface area contributed by atoms with Crippen molar-refractivity contribution in [2.24, 2.45) is 0 Å². The zero-order valence-corrected chi connectivity index (χ0v) is 26.2. The quantitative estimate of drug-likeness (QED) is 0.202. The number of hydrogen-bond acceptors (Lipinski definition) is 7. The van der Waals surface area contributed by atoms with Gasteiger partial charge in [-0.1, -0.05) is 6.07 Å². The Morgan fingerprint density at radius 1 is 1.11 bits per heavy atom. The Morgan fingerprint density at radius 3 is 2.52 bits per heavy atom. The van der Waals surface area contributed by atoms with Crippen molar-refractivity contribution in [3.63, 3.8) is 0 Å². The van der Waals surface area contributed by atoms with E-state index in [-0.39, 0.29) is 29.1 Å². The molecule has 0 spiro atoms. The van der Waals surface area contributed by atoms with Crippen molar-refractivity contribution in [2.45, 2.75) is 52.2 Å². The minimum absolute atomic E-state index is 0.00156. The number of likely N-dealkylation sites (tertiary alicyclic amines) is 1. The first-order valence-electron chi connectivity index (χ1n) is 14.5. The van der Waals surface area contributed by atoms with E-state index in [9.17, 15) is 13.6 Å². The molecule has 0 unspecified atom stereocenters. The van der Waals surface area contributed by atoms with Crippen LogP contribution in [0.15, 0.2) is 58.8 Å². The Labute approximate surface area is 262 Å². The summed E-state index contributed by atoms with van der Waals surface area (Å²) in [5.41, 5.74) is 10.4. The van der Waals surface area contributed by atoms with Gasteiger partial charge in [0.2, 0.25) is 11.6 Å². The number of aromatic nitrogens is 3. The van der Waals surface area contributed by atoms with Crippen molar-refractivity contribution >= 4 is 33.6 Å². The summed E-state index contributed by atoms with van der Waals surface area (Å²) in [4.78, 5) is 20.2. The van der Waals surface area contributed by atoms with Crippen LogP contribution in [0.25, 0.3) is 11.8 Å². The number of nitrogen functional groups attached to an aromatic ring is 1. The number of hydrogen-bond donors (Lipinski definition) is 1. The number of para-hydroxylation sites is 1. The van der Waals surface area contributed by atoms with Crippen LogP contribution >= 0.6 is 15.9 Å². The van der Waals surface area contributed by atoms with E-state index in [1.54, 1.807) is 6.92 Å². The maximum atomic E-state index is 14.0. The molecule has 0 saturated carbocycles. The van der Waals surface area contributed by atoms with E-state index in [1.807, 2.05) is 18.2 Å². The monoisotopic (exact) mass is 663 g/mol. The Morgan fingerprint density at radius 2 is 1.84 bits per heavy atom. The number of rotatable bonds is 8. The molecule has 6 rings (SSSR count). The lowest BCUT2D eigenvalue weighted by Crippen LogP contribution is -2.41. The fourth-order valence-corrected chi connectivity index (χ4v) is 6.13. The first-order chi connectivity index (χ1) is 21.1. The molecule has 44 heavy (non-hydrogen) atoms. The summed E-state index contributed by atoms with van der Waals surface area (Å²) in [5, 5.41) is 4.35. The number of Topliss-reactive ketones (excluding diaryl/α,β-unsaturated/α-hetero) is 1. The van der Waals surface area contributed by atoms with Gasteiger partial charge in [-0.05, 0) is 96.6 Å². The van der Waals surface area contributed by atoms with Gasteiger partial charge < -0.3 is 20.1 Å². The summed E-state index contributed by atoms with van der Waals surface area (Å²) in [7, 11) is 0. The smallest absolute Gasteiger partial charge is 0.219 e. The van der Waals surface area contributed by atoms with Gasteiger partial charge in [-0.25, -0.2) is 18.4 Å². The van der Waals surface area contributed by atoms with E-state index >= 15 is 0 Å². The minimum Gasteiger partial charge on any atom is -0.489 e. The molecule has 2 N–H and O–H groups in total. The van der Waals surface area contributed by atoms with E-state index in [2.05, 4.69) is 44.8 Å². The molecule has 2 aromatic carbocycles. The summed E-state index contributed by atoms with van der Waals surface area (Å²) in [6.45, 7) is 8.22. The van der Waals surface area contributed by atoms with Gasteiger partial charge in [0.1, 0.15) is 17.7 Å². The maximum absolute atomic E-state index is 14.0. The third-order valence-corrected chi connectivity index (χ3v) is 8.78. The van der Waals surface area contributed by atoms with Crippen molar-refractivity contribution in [2.75, 3.05) is 18.8 Å². The van der Waals surface area contributed by atoms with Crippen molar-refractivity contribution < 1.29 is 23.0 Å². The Hall–Kier alpha value is -4.09. The standard InChI is InChI=1S/C33H32BrF2N5O3/c1-18(2)40-9-7-23(8-10-40)43-29-15-21-13-22(12-20(21)14-25(29)34)31(42)24-16-39-41(33(24)37)28-17-38-30(11-19(28)3)44-32-26(35)5-4-6-27(32)36/h4-6,11,13-18,23H,7-10,12,37H2,1-3H3. The molecular weight excluding hydrogens is 632 g/mol. The first-order valence-corrected chi connectivity index (χ1v) is 15.3. The Bertz CT molecular complexity index is 1760. The number of fused-ring (bicyclic) bond motifs is 1. The lowest BCUT2D eigenvalue weighted by Gasteiger charge is -2.34. The number of carbonyl (C=O) groups is 1. The van der Waals surface area contributed by atoms with Gasteiger partial charge in [0.25, 0.3) is 0 Å². The van der Waals surface area contributed by atoms with Gasteiger partial charge in [-0.15, -0.1) is 0 Å². The van der Waals surface area contributed by atoms with Crippen LogP contribution in [0.3, 0.4) is 0 Å². The number of allylic oxidation sites excluding steroid dienone is 1. The van der Waals surface area contributed by atoms with Gasteiger partial charge in [0.15, 0.2) is 17.4 Å². The van der Waals surface area contributed by atoms with Crippen LogP contribution in [0.5, 0.6) is 17.4 Å². The van der Waals surface area contributed by atoms with Gasteiger partial charge in [-0.3, -0.25) is 4.79 Å². The predicted molar refractivity (Wildman–Crippen MR) is 167 cm³/mol. The van der Waals surface area contributed by atoms with E-state index < -0.39 is 17.4 Å². The topological polar surface area (TPSA) is 95.5 Å². The third-order valence-electron chi connectivity index (χ3n) is 8.16. The lowest BCUT2D eigenvalue weighted by molar-refractivity contribution is 0.0838. The van der Waals surface area contributed by atoms with Crippen LogP contribution in [0, 0.1) is 18.6 Å². The highest BCUT2D eigenvalue weighted by Crippen LogP contribution is 2.37. The molecule has 11 heteroatoms. The average Bonchev–Trinajstić information content (AvgIpc) is 3.58. The van der Waals surface area contributed by atoms with E-state index in [1.165, 1.54) is 29.2 Å². The van der Waals surface area contributed by atoms with Crippen LogP contribution in [0.1, 0.15) is 53.7 Å². The second-order valence-corrected chi connectivity index (χ2v) is 12.3. The van der Waals surface area contributed by atoms with Gasteiger partial charge >= 0.3 is 0 Å². The molecule has 4 aromatic rings. The summed E-state index contributed by atoms with van der Waals surface area (Å²) >= 11 is 3.66. The maximum Gasteiger partial charge on any atom is 0.219 e. The van der Waals surface area contributed by atoms with Crippen LogP contribution in [0.2, 0.25) is 0 Å². The first kappa shape index (κ1) is 30.0. The van der Waals surface area contributed by atoms with E-state index in [0.717, 1.165) is 59.4 Å². The third kappa shape index (κ3) is 5.86. The van der Waals surface area contributed by atoms with Crippen molar-refractivity contribution in [1.82, 2.24) is 19.7 Å². The van der Waals surface area contributed by atoms with Crippen LogP contribution in [-0.4, -0.2) is 50.7 Å². The Balaban J connectivity index is 1.18. The molecule has 1 fully saturated rings. The minimum atomic E-state index is -0.838. The van der Waals surface area contributed by atoms with Crippen LogP contribution < -0.4 is 15.2 Å². The number of piperidine rings is 1. The second kappa shape index (κ2) is 12.1. The number of anilines is 1. The lowest BCUT2D eigenvalue weighted by atomic mass is 10.0. The molecule has 3 heterocycles. The van der Waals surface area contributed by atoms with Gasteiger partial charge in [0.05, 0.1) is 28.1 Å².